The number of aromatic nitrogens is 2. The van der Waals surface area contributed by atoms with Gasteiger partial charge in [0, 0.05) is 5.71 Å². The maximum absolute atomic E-state index is 11.8. The molecule has 1 aliphatic carbocycles. The number of nitrogens with one attached hydrogen (secondary N) is 1. The van der Waals surface area contributed by atoms with Crippen LogP contribution in [0.15, 0.2) is 35.7 Å². The number of carbonyl (C=O) groups is 1. The molecule has 1 aliphatic rings. The van der Waals surface area contributed by atoms with Crippen molar-refractivity contribution in [3.05, 3.63) is 30.6 Å². The molecule has 0 bridgehead atoms. The van der Waals surface area contributed by atoms with E-state index in [9.17, 15) is 4.79 Å². The Morgan fingerprint density at radius 3 is 3.05 bits per heavy atom. The van der Waals surface area contributed by atoms with Crippen molar-refractivity contribution in [1.82, 2.24) is 15.0 Å². The van der Waals surface area contributed by atoms with Crippen molar-refractivity contribution < 1.29 is 4.79 Å². The molecule has 1 saturated carbocycles. The molecule has 0 unspecified atom stereocenters. The second kappa shape index (κ2) is 4.84. The summed E-state index contributed by atoms with van der Waals surface area (Å²) in [6.07, 6.45) is 4.07. The number of hydrogen-bond acceptors (Lipinski definition) is 3. The highest BCUT2D eigenvalue weighted by atomic mass is 16.2. The third-order valence-electron chi connectivity index (χ3n) is 3.37. The number of hydrazone groups is 1. The van der Waals surface area contributed by atoms with Gasteiger partial charge < -0.3 is 4.57 Å². The first-order chi connectivity index (χ1) is 9.24. The fourth-order valence-corrected chi connectivity index (χ4v) is 2.07. The summed E-state index contributed by atoms with van der Waals surface area (Å²) in [6, 6.07) is 7.75. The standard InChI is InChI=1S/C14H16N4O/c1-10(11-6-7-11)16-17-14(19)8-18-9-15-12-4-2-3-5-13(12)18/h2-5,9,11H,6-8H2,1H3,(H,17,19)/b16-10+. The quantitative estimate of drug-likeness (QED) is 0.671. The first kappa shape index (κ1) is 11.9. The number of fused-ring (bicyclic) bond motifs is 1. The van der Waals surface area contributed by atoms with E-state index in [1.165, 1.54) is 12.8 Å². The van der Waals surface area contributed by atoms with Gasteiger partial charge in [0.25, 0.3) is 5.91 Å². The smallest absolute Gasteiger partial charge is 0.260 e. The molecule has 1 heterocycles. The lowest BCUT2D eigenvalue weighted by Gasteiger charge is -2.04. The molecule has 0 saturated heterocycles. The van der Waals surface area contributed by atoms with Crippen LogP contribution in [0.25, 0.3) is 11.0 Å². The molecule has 19 heavy (non-hydrogen) atoms. The van der Waals surface area contributed by atoms with E-state index in [0.29, 0.717) is 5.92 Å². The predicted molar refractivity (Wildman–Crippen MR) is 73.7 cm³/mol. The molecule has 0 atom stereocenters. The summed E-state index contributed by atoms with van der Waals surface area (Å²) in [5, 5.41) is 4.13. The normalized spacial score (nSPS) is 15.7. The van der Waals surface area contributed by atoms with Crippen molar-refractivity contribution >= 4 is 22.7 Å². The summed E-state index contributed by atoms with van der Waals surface area (Å²) in [5.74, 6) is 0.456. The van der Waals surface area contributed by atoms with Crippen molar-refractivity contribution in [2.75, 3.05) is 0 Å². The second-order valence-electron chi connectivity index (χ2n) is 4.92. The predicted octanol–water partition coefficient (Wildman–Crippen LogP) is 1.94. The zero-order chi connectivity index (χ0) is 13.2. The van der Waals surface area contributed by atoms with Gasteiger partial charge in [0.05, 0.1) is 17.4 Å². The molecule has 1 amide bonds. The van der Waals surface area contributed by atoms with Gasteiger partial charge in [-0.15, -0.1) is 0 Å². The van der Waals surface area contributed by atoms with E-state index in [4.69, 9.17) is 0 Å². The first-order valence-electron chi connectivity index (χ1n) is 6.47. The molecule has 5 heteroatoms. The van der Waals surface area contributed by atoms with Crippen molar-refractivity contribution in [2.45, 2.75) is 26.3 Å². The van der Waals surface area contributed by atoms with Gasteiger partial charge in [-0.25, -0.2) is 10.4 Å². The SMILES string of the molecule is C/C(=N\NC(=O)Cn1cnc2ccccc21)C1CC1. The topological polar surface area (TPSA) is 59.3 Å². The van der Waals surface area contributed by atoms with Crippen molar-refractivity contribution in [3.8, 4) is 0 Å². The third-order valence-corrected chi connectivity index (χ3v) is 3.37. The second-order valence-corrected chi connectivity index (χ2v) is 4.92. The lowest BCUT2D eigenvalue weighted by Crippen LogP contribution is -2.24. The average molecular weight is 256 g/mol. The molecule has 5 nitrogen and oxygen atoms in total. The molecule has 1 N–H and O–H groups in total. The van der Waals surface area contributed by atoms with Gasteiger partial charge in [-0.2, -0.15) is 5.10 Å². The lowest BCUT2D eigenvalue weighted by molar-refractivity contribution is -0.121. The van der Waals surface area contributed by atoms with Crippen LogP contribution >= 0.6 is 0 Å². The van der Waals surface area contributed by atoms with E-state index < -0.39 is 0 Å². The number of benzene rings is 1. The van der Waals surface area contributed by atoms with E-state index in [0.717, 1.165) is 16.7 Å². The number of nitrogens with zero attached hydrogens (tertiary/aromatic N) is 3. The van der Waals surface area contributed by atoms with E-state index >= 15 is 0 Å². The molecule has 2 aromatic rings. The molecule has 3 rings (SSSR count). The minimum absolute atomic E-state index is 0.122. The Labute approximate surface area is 111 Å². The van der Waals surface area contributed by atoms with Gasteiger partial charge in [0.15, 0.2) is 0 Å². The van der Waals surface area contributed by atoms with Crippen LogP contribution < -0.4 is 5.43 Å². The van der Waals surface area contributed by atoms with Crippen LogP contribution in [-0.4, -0.2) is 21.2 Å². The number of carbonyl (C=O) groups excluding carboxylic acids is 1. The largest absolute Gasteiger partial charge is 0.321 e. The van der Waals surface area contributed by atoms with E-state index in [1.54, 1.807) is 6.33 Å². The van der Waals surface area contributed by atoms with Gasteiger partial charge in [-0.05, 0) is 37.8 Å². The van der Waals surface area contributed by atoms with Crippen molar-refractivity contribution in [3.63, 3.8) is 0 Å². The summed E-state index contributed by atoms with van der Waals surface area (Å²) in [5.41, 5.74) is 5.48. The molecular formula is C14H16N4O. The molecule has 1 aromatic carbocycles. The first-order valence-corrected chi connectivity index (χ1v) is 6.47. The molecule has 98 valence electrons. The summed E-state index contributed by atoms with van der Waals surface area (Å²) in [6.45, 7) is 2.20. The Morgan fingerprint density at radius 2 is 2.26 bits per heavy atom. The summed E-state index contributed by atoms with van der Waals surface area (Å²) in [7, 11) is 0. The maximum atomic E-state index is 11.8. The zero-order valence-corrected chi connectivity index (χ0v) is 10.8. The minimum Gasteiger partial charge on any atom is -0.321 e. The van der Waals surface area contributed by atoms with E-state index in [-0.39, 0.29) is 12.5 Å². The Bertz CT molecular complexity index is 640. The van der Waals surface area contributed by atoms with Crippen LogP contribution in [-0.2, 0) is 11.3 Å². The Morgan fingerprint density at radius 1 is 1.47 bits per heavy atom. The molecular weight excluding hydrogens is 240 g/mol. The fraction of sp³-hybridized carbons (Fsp3) is 0.357. The number of para-hydroxylation sites is 2. The summed E-state index contributed by atoms with van der Waals surface area (Å²) >= 11 is 0. The Hall–Kier alpha value is -2.17. The fourth-order valence-electron chi connectivity index (χ4n) is 2.07. The van der Waals surface area contributed by atoms with Crippen molar-refractivity contribution in [2.24, 2.45) is 11.0 Å². The Balaban J connectivity index is 1.67. The number of imidazole rings is 1. The summed E-state index contributed by atoms with van der Waals surface area (Å²) < 4.78 is 1.83. The molecule has 0 aliphatic heterocycles. The Kier molecular flexibility index (Phi) is 3.03. The molecule has 1 aromatic heterocycles. The van der Waals surface area contributed by atoms with Gasteiger partial charge in [0.2, 0.25) is 0 Å². The van der Waals surface area contributed by atoms with Gasteiger partial charge >= 0.3 is 0 Å². The van der Waals surface area contributed by atoms with Crippen LogP contribution in [0.2, 0.25) is 0 Å². The lowest BCUT2D eigenvalue weighted by atomic mass is 10.3. The average Bonchev–Trinajstić information content (AvgIpc) is 3.20. The number of hydrogen-bond donors (Lipinski definition) is 1. The highest BCUT2D eigenvalue weighted by Gasteiger charge is 2.24. The van der Waals surface area contributed by atoms with Crippen LogP contribution in [0.5, 0.6) is 0 Å². The van der Waals surface area contributed by atoms with Crippen LogP contribution in [0.3, 0.4) is 0 Å². The maximum Gasteiger partial charge on any atom is 0.260 e. The number of rotatable bonds is 4. The van der Waals surface area contributed by atoms with Crippen LogP contribution in [0.4, 0.5) is 0 Å². The van der Waals surface area contributed by atoms with Gasteiger partial charge in [-0.3, -0.25) is 4.79 Å². The van der Waals surface area contributed by atoms with Gasteiger partial charge in [-0.1, -0.05) is 12.1 Å². The highest BCUT2D eigenvalue weighted by molar-refractivity contribution is 5.88. The van der Waals surface area contributed by atoms with E-state index in [2.05, 4.69) is 15.5 Å². The highest BCUT2D eigenvalue weighted by Crippen LogP contribution is 2.30. The third kappa shape index (κ3) is 2.65. The number of amides is 1. The summed E-state index contributed by atoms with van der Waals surface area (Å²) in [4.78, 5) is 16.1. The molecule has 0 radical (unpaired) electrons. The molecule has 1 fully saturated rings. The van der Waals surface area contributed by atoms with Crippen LogP contribution in [0.1, 0.15) is 19.8 Å². The monoisotopic (exact) mass is 256 g/mol. The van der Waals surface area contributed by atoms with E-state index in [1.807, 2.05) is 35.8 Å². The molecule has 0 spiro atoms. The minimum atomic E-state index is -0.122. The zero-order valence-electron chi connectivity index (χ0n) is 10.8. The van der Waals surface area contributed by atoms with Crippen LogP contribution in [0, 0.1) is 5.92 Å². The van der Waals surface area contributed by atoms with Gasteiger partial charge in [0.1, 0.15) is 6.54 Å². The van der Waals surface area contributed by atoms with Crippen molar-refractivity contribution in [1.29, 1.82) is 0 Å².